The van der Waals surface area contributed by atoms with E-state index in [0.29, 0.717) is 11.6 Å². The van der Waals surface area contributed by atoms with Crippen molar-refractivity contribution in [3.05, 3.63) is 33.0 Å². The van der Waals surface area contributed by atoms with Crippen LogP contribution in [0.2, 0.25) is 0 Å². The van der Waals surface area contributed by atoms with Crippen LogP contribution in [-0.2, 0) is 0 Å². The molecule has 20 heavy (non-hydrogen) atoms. The maximum absolute atomic E-state index is 11.0. The molecule has 2 aromatic heterocycles. The Morgan fingerprint density at radius 3 is 2.55 bits per heavy atom. The molecule has 2 aromatic rings. The van der Waals surface area contributed by atoms with Gasteiger partial charge in [-0.3, -0.25) is 0 Å². The third-order valence-corrected chi connectivity index (χ3v) is 4.01. The fourth-order valence-electron chi connectivity index (χ4n) is 1.95. The number of nitrogens with zero attached hydrogens (tertiary/aromatic N) is 3. The van der Waals surface area contributed by atoms with Crippen molar-refractivity contribution in [2.75, 3.05) is 5.32 Å². The summed E-state index contributed by atoms with van der Waals surface area (Å²) in [6.07, 6.45) is 0. The van der Waals surface area contributed by atoms with Crippen molar-refractivity contribution in [3.63, 3.8) is 0 Å². The minimum absolute atomic E-state index is 0.00981. The molecule has 0 aliphatic rings. The lowest BCUT2D eigenvalue weighted by Gasteiger charge is -2.13. The standard InChI is InChI=1S/C13H16N4O2S/c1-6-5-10(12(18)19)17-13(14-6)16-8(3)11-7(2)15-9(4)20-11/h5,8H,1-4H3,(H,18,19)(H,14,16,17). The maximum atomic E-state index is 11.0. The number of aryl methyl sites for hydroxylation is 3. The van der Waals surface area contributed by atoms with E-state index >= 15 is 0 Å². The van der Waals surface area contributed by atoms with Gasteiger partial charge in [0.1, 0.15) is 0 Å². The second kappa shape index (κ2) is 5.54. The second-order valence-electron chi connectivity index (χ2n) is 4.57. The lowest BCUT2D eigenvalue weighted by molar-refractivity contribution is 0.0690. The van der Waals surface area contributed by atoms with E-state index in [-0.39, 0.29) is 11.7 Å². The van der Waals surface area contributed by atoms with Gasteiger partial charge < -0.3 is 10.4 Å². The number of hydrogen-bond donors (Lipinski definition) is 2. The predicted octanol–water partition coefficient (Wildman–Crippen LogP) is 2.73. The van der Waals surface area contributed by atoms with Crippen molar-refractivity contribution in [2.24, 2.45) is 0 Å². The summed E-state index contributed by atoms with van der Waals surface area (Å²) in [7, 11) is 0. The van der Waals surface area contributed by atoms with Crippen LogP contribution in [0.3, 0.4) is 0 Å². The molecule has 0 radical (unpaired) electrons. The summed E-state index contributed by atoms with van der Waals surface area (Å²) >= 11 is 1.61. The van der Waals surface area contributed by atoms with Crippen LogP contribution in [0.1, 0.15) is 44.7 Å². The van der Waals surface area contributed by atoms with E-state index in [2.05, 4.69) is 20.3 Å². The highest BCUT2D eigenvalue weighted by atomic mass is 32.1. The summed E-state index contributed by atoms with van der Waals surface area (Å²) in [6, 6.07) is 1.42. The quantitative estimate of drug-likeness (QED) is 0.900. The monoisotopic (exact) mass is 292 g/mol. The highest BCUT2D eigenvalue weighted by Gasteiger charge is 2.15. The molecule has 6 nitrogen and oxygen atoms in total. The third-order valence-electron chi connectivity index (χ3n) is 2.75. The summed E-state index contributed by atoms with van der Waals surface area (Å²) in [5.74, 6) is -0.739. The Morgan fingerprint density at radius 2 is 2.00 bits per heavy atom. The number of carbonyl (C=O) groups is 1. The van der Waals surface area contributed by atoms with E-state index in [1.165, 1.54) is 6.07 Å². The van der Waals surface area contributed by atoms with Crippen molar-refractivity contribution < 1.29 is 9.90 Å². The van der Waals surface area contributed by atoms with Gasteiger partial charge in [-0.2, -0.15) is 0 Å². The van der Waals surface area contributed by atoms with Gasteiger partial charge in [-0.1, -0.05) is 0 Å². The summed E-state index contributed by atoms with van der Waals surface area (Å²) < 4.78 is 0. The first kappa shape index (κ1) is 14.4. The molecule has 0 aliphatic heterocycles. The number of anilines is 1. The van der Waals surface area contributed by atoms with Crippen LogP contribution in [-0.4, -0.2) is 26.0 Å². The number of carboxylic acids is 1. The molecule has 0 spiro atoms. The zero-order chi connectivity index (χ0) is 14.9. The van der Waals surface area contributed by atoms with Crippen LogP contribution in [0.15, 0.2) is 6.07 Å². The van der Waals surface area contributed by atoms with Crippen LogP contribution in [0.5, 0.6) is 0 Å². The van der Waals surface area contributed by atoms with Crippen molar-refractivity contribution >= 4 is 23.3 Å². The van der Waals surface area contributed by atoms with E-state index < -0.39 is 5.97 Å². The van der Waals surface area contributed by atoms with Crippen molar-refractivity contribution in [2.45, 2.75) is 33.7 Å². The van der Waals surface area contributed by atoms with E-state index in [1.54, 1.807) is 18.3 Å². The van der Waals surface area contributed by atoms with Gasteiger partial charge >= 0.3 is 5.97 Å². The SMILES string of the molecule is Cc1cc(C(=O)O)nc(NC(C)c2sc(C)nc2C)n1. The minimum atomic E-state index is -1.06. The van der Waals surface area contributed by atoms with Gasteiger partial charge in [-0.25, -0.2) is 19.7 Å². The fourth-order valence-corrected chi connectivity index (χ4v) is 2.88. The smallest absolute Gasteiger partial charge is 0.354 e. The molecule has 0 bridgehead atoms. The molecule has 1 unspecified atom stereocenters. The summed E-state index contributed by atoms with van der Waals surface area (Å²) in [6.45, 7) is 7.63. The highest BCUT2D eigenvalue weighted by molar-refractivity contribution is 7.11. The second-order valence-corrected chi connectivity index (χ2v) is 5.81. The van der Waals surface area contributed by atoms with Crippen LogP contribution in [0.25, 0.3) is 0 Å². The highest BCUT2D eigenvalue weighted by Crippen LogP contribution is 2.26. The van der Waals surface area contributed by atoms with E-state index in [1.807, 2.05) is 20.8 Å². The maximum Gasteiger partial charge on any atom is 0.354 e. The molecule has 2 N–H and O–H groups in total. The lowest BCUT2D eigenvalue weighted by Crippen LogP contribution is -2.12. The van der Waals surface area contributed by atoms with Gasteiger partial charge in [-0.05, 0) is 33.8 Å². The molecule has 0 aliphatic carbocycles. The molecule has 0 saturated carbocycles. The molecule has 0 amide bonds. The van der Waals surface area contributed by atoms with Crippen molar-refractivity contribution in [1.29, 1.82) is 0 Å². The zero-order valence-corrected chi connectivity index (χ0v) is 12.6. The van der Waals surface area contributed by atoms with Gasteiger partial charge in [0.05, 0.1) is 16.7 Å². The number of aromatic carboxylic acids is 1. The van der Waals surface area contributed by atoms with Crippen molar-refractivity contribution in [1.82, 2.24) is 15.0 Å². The Morgan fingerprint density at radius 1 is 1.30 bits per heavy atom. The molecular weight excluding hydrogens is 276 g/mol. The number of nitrogens with one attached hydrogen (secondary N) is 1. The van der Waals surface area contributed by atoms with Crippen LogP contribution < -0.4 is 5.32 Å². The van der Waals surface area contributed by atoms with Gasteiger partial charge in [0.25, 0.3) is 0 Å². The lowest BCUT2D eigenvalue weighted by atomic mass is 10.2. The number of thiazole rings is 1. The topological polar surface area (TPSA) is 88.0 Å². The first-order valence-corrected chi connectivity index (χ1v) is 6.98. The van der Waals surface area contributed by atoms with Crippen LogP contribution >= 0.6 is 11.3 Å². The number of rotatable bonds is 4. The average molecular weight is 292 g/mol. The Bertz CT molecular complexity index is 654. The van der Waals surface area contributed by atoms with Gasteiger partial charge in [-0.15, -0.1) is 11.3 Å². The molecule has 0 saturated heterocycles. The molecule has 7 heteroatoms. The molecular formula is C13H16N4O2S. The normalized spacial score (nSPS) is 12.2. The minimum Gasteiger partial charge on any atom is -0.477 e. The summed E-state index contributed by atoms with van der Waals surface area (Å²) in [5.41, 5.74) is 1.58. The van der Waals surface area contributed by atoms with E-state index in [9.17, 15) is 4.79 Å². The average Bonchev–Trinajstić information content (AvgIpc) is 2.67. The number of hydrogen-bond acceptors (Lipinski definition) is 6. The molecule has 2 rings (SSSR count). The first-order valence-electron chi connectivity index (χ1n) is 6.16. The Kier molecular flexibility index (Phi) is 3.99. The summed E-state index contributed by atoms with van der Waals surface area (Å²) in [5, 5.41) is 13.1. The predicted molar refractivity (Wildman–Crippen MR) is 77.4 cm³/mol. The molecule has 0 aromatic carbocycles. The Balaban J connectivity index is 2.25. The largest absolute Gasteiger partial charge is 0.477 e. The Labute approximate surface area is 120 Å². The zero-order valence-electron chi connectivity index (χ0n) is 11.8. The first-order chi connectivity index (χ1) is 9.36. The van der Waals surface area contributed by atoms with Gasteiger partial charge in [0.15, 0.2) is 5.69 Å². The molecule has 2 heterocycles. The third kappa shape index (κ3) is 3.11. The molecule has 106 valence electrons. The molecule has 1 atom stereocenters. The Hall–Kier alpha value is -2.02. The van der Waals surface area contributed by atoms with E-state index in [0.717, 1.165) is 15.6 Å². The van der Waals surface area contributed by atoms with Gasteiger partial charge in [0.2, 0.25) is 5.95 Å². The number of aromatic nitrogens is 3. The van der Waals surface area contributed by atoms with Crippen molar-refractivity contribution in [3.8, 4) is 0 Å². The summed E-state index contributed by atoms with van der Waals surface area (Å²) in [4.78, 5) is 24.7. The van der Waals surface area contributed by atoms with Crippen LogP contribution in [0.4, 0.5) is 5.95 Å². The number of carboxylic acid groups (broad SMARTS) is 1. The fraction of sp³-hybridized carbons (Fsp3) is 0.385. The van der Waals surface area contributed by atoms with E-state index in [4.69, 9.17) is 5.11 Å². The van der Waals surface area contributed by atoms with Crippen LogP contribution in [0, 0.1) is 20.8 Å². The molecule has 0 fully saturated rings. The van der Waals surface area contributed by atoms with Gasteiger partial charge in [0, 0.05) is 10.6 Å².